The third kappa shape index (κ3) is 8.16. The first-order chi connectivity index (χ1) is 21.4. The van der Waals surface area contributed by atoms with Gasteiger partial charge in [-0.05, 0) is 56.7 Å². The molecule has 2 amide bonds. The van der Waals surface area contributed by atoms with Gasteiger partial charge in [-0.3, -0.25) is 19.6 Å². The normalized spacial score (nSPS) is 11.1. The van der Waals surface area contributed by atoms with E-state index < -0.39 is 17.6 Å². The molecule has 0 spiro atoms. The van der Waals surface area contributed by atoms with Gasteiger partial charge in [-0.1, -0.05) is 47.5 Å². The number of hydrogen-bond donors (Lipinski definition) is 2. The molecule has 45 heavy (non-hydrogen) atoms. The predicted octanol–water partition coefficient (Wildman–Crippen LogP) is 6.92. The molecule has 0 aliphatic heterocycles. The van der Waals surface area contributed by atoms with E-state index in [1.54, 1.807) is 75.5 Å². The van der Waals surface area contributed by atoms with Crippen molar-refractivity contribution in [3.05, 3.63) is 93.9 Å². The van der Waals surface area contributed by atoms with Crippen molar-refractivity contribution in [3.8, 4) is 28.1 Å². The van der Waals surface area contributed by atoms with Gasteiger partial charge in [-0.2, -0.15) is 0 Å². The quantitative estimate of drug-likeness (QED) is 0.177. The van der Waals surface area contributed by atoms with Crippen LogP contribution in [0.15, 0.2) is 67.0 Å². The predicted molar refractivity (Wildman–Crippen MR) is 173 cm³/mol. The largest absolute Gasteiger partial charge is 0.496 e. The molecule has 12 heteroatoms. The number of aliphatic hydroxyl groups is 1. The maximum Gasteiger partial charge on any atom is 0.410 e. The Bertz CT molecular complexity index is 1710. The molecular weight excluding hydrogens is 619 g/mol. The number of nitrogens with one attached hydrogen (secondary N) is 1. The minimum absolute atomic E-state index is 0.0790. The number of aldehydes is 1. The molecular formula is C33H32Cl2N4O6. The van der Waals surface area contributed by atoms with Gasteiger partial charge in [0.25, 0.3) is 5.91 Å². The van der Waals surface area contributed by atoms with Crippen LogP contribution >= 0.6 is 23.2 Å². The molecule has 0 saturated carbocycles. The first-order valence-corrected chi connectivity index (χ1v) is 14.6. The summed E-state index contributed by atoms with van der Waals surface area (Å²) in [4.78, 5) is 47.0. The van der Waals surface area contributed by atoms with Crippen molar-refractivity contribution < 1.29 is 29.0 Å². The fourth-order valence-corrected chi connectivity index (χ4v) is 4.98. The average molecular weight is 652 g/mol. The molecule has 2 aromatic carbocycles. The van der Waals surface area contributed by atoms with Gasteiger partial charge in [0.1, 0.15) is 17.0 Å². The molecule has 234 valence electrons. The zero-order valence-corrected chi connectivity index (χ0v) is 26.6. The topological polar surface area (TPSA) is 131 Å². The van der Waals surface area contributed by atoms with E-state index in [1.165, 1.54) is 24.3 Å². The number of amides is 2. The van der Waals surface area contributed by atoms with E-state index in [4.69, 9.17) is 32.7 Å². The third-order valence-electron chi connectivity index (χ3n) is 6.51. The summed E-state index contributed by atoms with van der Waals surface area (Å²) in [5, 5.41) is 12.8. The van der Waals surface area contributed by atoms with Gasteiger partial charge in [-0.15, -0.1) is 0 Å². The summed E-state index contributed by atoms with van der Waals surface area (Å²) in [5.41, 5.74) is 3.08. The lowest BCUT2D eigenvalue weighted by atomic mass is 10.0. The molecule has 0 fully saturated rings. The van der Waals surface area contributed by atoms with Crippen LogP contribution in [0.4, 0.5) is 10.5 Å². The monoisotopic (exact) mass is 650 g/mol. The van der Waals surface area contributed by atoms with Crippen molar-refractivity contribution in [2.24, 2.45) is 0 Å². The molecule has 2 N–H and O–H groups in total. The van der Waals surface area contributed by atoms with Crippen LogP contribution in [0.3, 0.4) is 0 Å². The fourth-order valence-electron chi connectivity index (χ4n) is 4.39. The van der Waals surface area contributed by atoms with Crippen molar-refractivity contribution in [3.63, 3.8) is 0 Å². The number of rotatable bonds is 10. The Kier molecular flexibility index (Phi) is 10.8. The third-order valence-corrected chi connectivity index (χ3v) is 7.30. The average Bonchev–Trinajstić information content (AvgIpc) is 3.01. The Labute approximate surface area is 270 Å². The Morgan fingerprint density at radius 2 is 1.78 bits per heavy atom. The summed E-state index contributed by atoms with van der Waals surface area (Å²) in [6.45, 7) is 5.27. The number of methoxy groups -OCH3 is 1. The van der Waals surface area contributed by atoms with Crippen LogP contribution in [0.5, 0.6) is 5.75 Å². The minimum atomic E-state index is -0.688. The molecule has 0 atom stereocenters. The lowest BCUT2D eigenvalue weighted by Crippen LogP contribution is -2.38. The highest BCUT2D eigenvalue weighted by Crippen LogP contribution is 2.41. The van der Waals surface area contributed by atoms with Crippen LogP contribution < -0.4 is 10.1 Å². The van der Waals surface area contributed by atoms with Crippen LogP contribution in [-0.2, 0) is 11.3 Å². The minimum Gasteiger partial charge on any atom is -0.496 e. The van der Waals surface area contributed by atoms with E-state index in [-0.39, 0.29) is 30.4 Å². The molecule has 0 radical (unpaired) electrons. The van der Waals surface area contributed by atoms with E-state index in [9.17, 15) is 19.5 Å². The van der Waals surface area contributed by atoms with Gasteiger partial charge in [0.2, 0.25) is 0 Å². The molecule has 4 rings (SSSR count). The standard InChI is InChI=1S/C33H32Cl2N4O6/c1-33(2,3)45-32(43)39(14-15-40)18-20-8-11-26(37-17-20)31(42)38-25-7-5-6-23(28(25)34)24-12-13-36-30(29(24)35)21-9-10-22(19-41)27(16-21)44-4/h5-13,16-17,19,40H,14-15,18H2,1-4H3,(H,38,42). The van der Waals surface area contributed by atoms with Gasteiger partial charge < -0.3 is 24.8 Å². The summed E-state index contributed by atoms with van der Waals surface area (Å²) in [7, 11) is 1.47. The number of ether oxygens (including phenoxy) is 2. The van der Waals surface area contributed by atoms with Gasteiger partial charge in [-0.25, -0.2) is 4.79 Å². The van der Waals surface area contributed by atoms with Gasteiger partial charge in [0, 0.05) is 35.6 Å². The van der Waals surface area contributed by atoms with Crippen LogP contribution in [0, 0.1) is 0 Å². The van der Waals surface area contributed by atoms with Crippen LogP contribution in [0.1, 0.15) is 47.2 Å². The van der Waals surface area contributed by atoms with E-state index in [0.717, 1.165) is 0 Å². The molecule has 0 saturated heterocycles. The summed E-state index contributed by atoms with van der Waals surface area (Å²) in [6.07, 6.45) is 3.21. The Morgan fingerprint density at radius 1 is 1.02 bits per heavy atom. The number of carbonyl (C=O) groups excluding carboxylic acids is 3. The van der Waals surface area contributed by atoms with Crippen LogP contribution in [0.25, 0.3) is 22.4 Å². The number of hydrogen-bond acceptors (Lipinski definition) is 8. The summed E-state index contributed by atoms with van der Waals surface area (Å²) >= 11 is 13.6. The lowest BCUT2D eigenvalue weighted by Gasteiger charge is -2.27. The van der Waals surface area contributed by atoms with Crippen molar-refractivity contribution in [1.29, 1.82) is 0 Å². The molecule has 0 unspecified atom stereocenters. The van der Waals surface area contributed by atoms with Gasteiger partial charge >= 0.3 is 6.09 Å². The number of anilines is 1. The molecule has 2 heterocycles. The first kappa shape index (κ1) is 33.4. The number of carbonyl (C=O) groups is 3. The van der Waals surface area contributed by atoms with Crippen molar-refractivity contribution in [1.82, 2.24) is 14.9 Å². The Morgan fingerprint density at radius 3 is 2.42 bits per heavy atom. The number of nitrogens with zero attached hydrogens (tertiary/aromatic N) is 3. The summed E-state index contributed by atoms with van der Waals surface area (Å²) < 4.78 is 10.7. The van der Waals surface area contributed by atoms with E-state index in [0.29, 0.717) is 56.3 Å². The van der Waals surface area contributed by atoms with E-state index in [2.05, 4.69) is 15.3 Å². The number of halogens is 2. The Balaban J connectivity index is 1.54. The molecule has 4 aromatic rings. The van der Waals surface area contributed by atoms with E-state index >= 15 is 0 Å². The number of benzene rings is 2. The number of aliphatic hydroxyl groups excluding tert-OH is 1. The maximum absolute atomic E-state index is 13.1. The van der Waals surface area contributed by atoms with Gasteiger partial charge in [0.15, 0.2) is 6.29 Å². The second-order valence-corrected chi connectivity index (χ2v) is 11.7. The summed E-state index contributed by atoms with van der Waals surface area (Å²) in [5.74, 6) is -0.107. The zero-order chi connectivity index (χ0) is 32.7. The lowest BCUT2D eigenvalue weighted by molar-refractivity contribution is 0.0201. The van der Waals surface area contributed by atoms with E-state index in [1.807, 2.05) is 0 Å². The Hall–Kier alpha value is -4.51. The van der Waals surface area contributed by atoms with Crippen molar-refractivity contribution in [2.45, 2.75) is 32.9 Å². The molecule has 2 aromatic heterocycles. The SMILES string of the molecule is COc1cc(-c2nccc(-c3cccc(NC(=O)c4ccc(CN(CCO)C(=O)OC(C)(C)C)cn4)c3Cl)c2Cl)ccc1C=O. The van der Waals surface area contributed by atoms with Gasteiger partial charge in [0.05, 0.1) is 47.3 Å². The molecule has 0 bridgehead atoms. The highest BCUT2D eigenvalue weighted by atomic mass is 35.5. The highest BCUT2D eigenvalue weighted by Gasteiger charge is 2.23. The van der Waals surface area contributed by atoms with Crippen LogP contribution in [0.2, 0.25) is 10.0 Å². The highest BCUT2D eigenvalue weighted by molar-refractivity contribution is 6.39. The van der Waals surface area contributed by atoms with Crippen LogP contribution in [-0.4, -0.2) is 64.1 Å². The zero-order valence-electron chi connectivity index (χ0n) is 25.1. The number of aromatic nitrogens is 2. The second-order valence-electron chi connectivity index (χ2n) is 10.9. The van der Waals surface area contributed by atoms with Crippen molar-refractivity contribution in [2.75, 3.05) is 25.6 Å². The smallest absolute Gasteiger partial charge is 0.410 e. The van der Waals surface area contributed by atoms with Crippen molar-refractivity contribution >= 4 is 47.2 Å². The first-order valence-electron chi connectivity index (χ1n) is 13.9. The second kappa shape index (κ2) is 14.5. The number of pyridine rings is 2. The maximum atomic E-state index is 13.1. The summed E-state index contributed by atoms with van der Waals surface area (Å²) in [6, 6.07) is 15.1. The molecule has 0 aliphatic carbocycles. The molecule has 10 nitrogen and oxygen atoms in total. The fraction of sp³-hybridized carbons (Fsp3) is 0.242. The molecule has 0 aliphatic rings.